The molecule has 5 nitrogen and oxygen atoms in total. The van der Waals surface area contributed by atoms with Gasteiger partial charge in [0, 0.05) is 19.3 Å². The third-order valence-corrected chi connectivity index (χ3v) is 3.18. The number of hydrogen-bond donors (Lipinski definition) is 2. The Morgan fingerprint density at radius 3 is 2.68 bits per heavy atom. The van der Waals surface area contributed by atoms with Crippen LogP contribution in [0.2, 0.25) is 0 Å². The molecule has 0 heterocycles. The Labute approximate surface area is 112 Å². The highest BCUT2D eigenvalue weighted by atomic mass is 16.4. The van der Waals surface area contributed by atoms with Crippen molar-refractivity contribution in [3.05, 3.63) is 29.8 Å². The molecule has 2 rings (SSSR count). The lowest BCUT2D eigenvalue weighted by molar-refractivity contribution is -0.136. The number of benzene rings is 1. The first-order chi connectivity index (χ1) is 9.06. The minimum atomic E-state index is -0.909. The zero-order valence-electron chi connectivity index (χ0n) is 10.9. The van der Waals surface area contributed by atoms with Gasteiger partial charge in [0.15, 0.2) is 0 Å². The first-order valence-electron chi connectivity index (χ1n) is 6.38. The van der Waals surface area contributed by atoms with Gasteiger partial charge in [0.25, 0.3) is 0 Å². The molecule has 0 aromatic heterocycles. The fraction of sp³-hybridized carbons (Fsp3) is 0.429. The van der Waals surface area contributed by atoms with Crippen molar-refractivity contribution in [1.82, 2.24) is 4.90 Å². The summed E-state index contributed by atoms with van der Waals surface area (Å²) in [5, 5.41) is 11.6. The number of hydrogen-bond acceptors (Lipinski definition) is 2. The Bertz CT molecular complexity index is 483. The molecular formula is C14H18N2O3. The first-order valence-corrected chi connectivity index (χ1v) is 6.38. The number of aliphatic carboxylic acids is 1. The molecule has 2 N–H and O–H groups in total. The van der Waals surface area contributed by atoms with E-state index in [1.54, 1.807) is 36.2 Å². The fourth-order valence-electron chi connectivity index (χ4n) is 1.94. The molecule has 19 heavy (non-hydrogen) atoms. The van der Waals surface area contributed by atoms with E-state index in [2.05, 4.69) is 5.32 Å². The number of carbonyl (C=O) groups excluding carboxylic acids is 1. The van der Waals surface area contributed by atoms with Crippen molar-refractivity contribution < 1.29 is 14.7 Å². The van der Waals surface area contributed by atoms with E-state index >= 15 is 0 Å². The lowest BCUT2D eigenvalue weighted by atomic mass is 10.1. The van der Waals surface area contributed by atoms with Crippen LogP contribution >= 0.6 is 0 Å². The first kappa shape index (κ1) is 13.4. The molecule has 0 bridgehead atoms. The molecule has 1 aliphatic carbocycles. The van der Waals surface area contributed by atoms with Gasteiger partial charge in [0.2, 0.25) is 0 Å². The second-order valence-electron chi connectivity index (χ2n) is 4.98. The molecule has 1 saturated carbocycles. The number of nitrogens with zero attached hydrogens (tertiary/aromatic N) is 1. The topological polar surface area (TPSA) is 69.6 Å². The highest BCUT2D eigenvalue weighted by Crippen LogP contribution is 2.29. The van der Waals surface area contributed by atoms with Gasteiger partial charge in [-0.15, -0.1) is 0 Å². The average Bonchev–Trinajstić information content (AvgIpc) is 3.14. The number of amides is 2. The third-order valence-electron chi connectivity index (χ3n) is 3.18. The molecule has 2 amide bonds. The molecule has 5 heteroatoms. The summed E-state index contributed by atoms with van der Waals surface area (Å²) in [6.45, 7) is 0.757. The van der Waals surface area contributed by atoms with Crippen molar-refractivity contribution in [2.45, 2.75) is 19.3 Å². The van der Waals surface area contributed by atoms with E-state index < -0.39 is 5.97 Å². The van der Waals surface area contributed by atoms with E-state index in [-0.39, 0.29) is 12.5 Å². The van der Waals surface area contributed by atoms with Crippen LogP contribution in [0, 0.1) is 5.92 Å². The monoisotopic (exact) mass is 262 g/mol. The molecule has 1 aromatic carbocycles. The van der Waals surface area contributed by atoms with Crippen LogP contribution in [0.1, 0.15) is 18.4 Å². The highest BCUT2D eigenvalue weighted by molar-refractivity contribution is 5.90. The molecule has 0 unspecified atom stereocenters. The van der Waals surface area contributed by atoms with Crippen LogP contribution in [-0.4, -0.2) is 35.6 Å². The van der Waals surface area contributed by atoms with E-state index in [0.717, 1.165) is 6.54 Å². The van der Waals surface area contributed by atoms with Gasteiger partial charge in [-0.05, 0) is 30.4 Å². The third kappa shape index (κ3) is 3.98. The van der Waals surface area contributed by atoms with Gasteiger partial charge >= 0.3 is 12.0 Å². The van der Waals surface area contributed by atoms with Gasteiger partial charge in [-0.2, -0.15) is 0 Å². The maximum atomic E-state index is 12.0. The van der Waals surface area contributed by atoms with Crippen molar-refractivity contribution in [2.75, 3.05) is 18.9 Å². The molecule has 0 aliphatic heterocycles. The minimum absolute atomic E-state index is 0.0945. The van der Waals surface area contributed by atoms with Gasteiger partial charge in [0.05, 0.1) is 6.42 Å². The summed E-state index contributed by atoms with van der Waals surface area (Å²) >= 11 is 0. The number of carboxylic acid groups (broad SMARTS) is 1. The van der Waals surface area contributed by atoms with Gasteiger partial charge < -0.3 is 15.3 Å². The zero-order valence-corrected chi connectivity index (χ0v) is 10.9. The number of rotatable bonds is 5. The lowest BCUT2D eigenvalue weighted by Gasteiger charge is -2.18. The van der Waals surface area contributed by atoms with Crippen molar-refractivity contribution >= 4 is 17.7 Å². The summed E-state index contributed by atoms with van der Waals surface area (Å²) in [6.07, 6.45) is 2.28. The summed E-state index contributed by atoms with van der Waals surface area (Å²) in [7, 11) is 1.76. The largest absolute Gasteiger partial charge is 0.481 e. The minimum Gasteiger partial charge on any atom is -0.481 e. The van der Waals surface area contributed by atoms with Crippen LogP contribution in [0.15, 0.2) is 24.3 Å². The smallest absolute Gasteiger partial charge is 0.321 e. The van der Waals surface area contributed by atoms with E-state index in [0.29, 0.717) is 17.2 Å². The van der Waals surface area contributed by atoms with E-state index in [1.807, 2.05) is 0 Å². The predicted molar refractivity (Wildman–Crippen MR) is 72.2 cm³/mol. The van der Waals surface area contributed by atoms with Crippen molar-refractivity contribution in [1.29, 1.82) is 0 Å². The van der Waals surface area contributed by atoms with Gasteiger partial charge in [0.1, 0.15) is 0 Å². The lowest BCUT2D eigenvalue weighted by Crippen LogP contribution is -2.33. The van der Waals surface area contributed by atoms with E-state index in [9.17, 15) is 9.59 Å². The number of carboxylic acids is 1. The Kier molecular flexibility index (Phi) is 4.04. The summed E-state index contributed by atoms with van der Waals surface area (Å²) in [5.74, 6) is -0.280. The normalized spacial score (nSPS) is 13.9. The number of anilines is 1. The van der Waals surface area contributed by atoms with Crippen LogP contribution in [0.4, 0.5) is 10.5 Å². The molecule has 0 atom stereocenters. The number of carbonyl (C=O) groups is 2. The zero-order chi connectivity index (χ0) is 13.8. The SMILES string of the molecule is CN(CC1CC1)C(=O)Nc1ccccc1CC(=O)O. The quantitative estimate of drug-likeness (QED) is 0.854. The Morgan fingerprint density at radius 1 is 1.37 bits per heavy atom. The molecule has 0 saturated heterocycles. The fourth-order valence-corrected chi connectivity index (χ4v) is 1.94. The summed E-state index contributed by atoms with van der Waals surface area (Å²) in [6, 6.07) is 6.79. The van der Waals surface area contributed by atoms with Gasteiger partial charge in [-0.3, -0.25) is 4.79 Å². The average molecular weight is 262 g/mol. The highest BCUT2D eigenvalue weighted by Gasteiger charge is 2.25. The molecule has 0 radical (unpaired) electrons. The maximum Gasteiger partial charge on any atom is 0.321 e. The standard InChI is InChI=1S/C14H18N2O3/c1-16(9-10-6-7-10)14(19)15-12-5-3-2-4-11(12)8-13(17)18/h2-5,10H,6-9H2,1H3,(H,15,19)(H,17,18). The molecule has 0 spiro atoms. The Morgan fingerprint density at radius 2 is 2.05 bits per heavy atom. The number of nitrogens with one attached hydrogen (secondary N) is 1. The predicted octanol–water partition coefficient (Wildman–Crippen LogP) is 2.19. The second-order valence-corrected chi connectivity index (χ2v) is 4.98. The van der Waals surface area contributed by atoms with Crippen LogP contribution in [0.3, 0.4) is 0 Å². The van der Waals surface area contributed by atoms with Crippen LogP contribution in [0.25, 0.3) is 0 Å². The summed E-state index contributed by atoms with van der Waals surface area (Å²) in [5.41, 5.74) is 1.18. The summed E-state index contributed by atoms with van der Waals surface area (Å²) < 4.78 is 0. The van der Waals surface area contributed by atoms with Gasteiger partial charge in [-0.1, -0.05) is 18.2 Å². The van der Waals surface area contributed by atoms with Crippen LogP contribution < -0.4 is 5.32 Å². The van der Waals surface area contributed by atoms with E-state index in [4.69, 9.17) is 5.11 Å². The van der Waals surface area contributed by atoms with Crippen molar-refractivity contribution in [3.63, 3.8) is 0 Å². The Balaban J connectivity index is 2.00. The molecular weight excluding hydrogens is 244 g/mol. The molecule has 1 aliphatic rings. The molecule has 1 aromatic rings. The number of para-hydroxylation sites is 1. The van der Waals surface area contributed by atoms with Crippen LogP contribution in [-0.2, 0) is 11.2 Å². The number of urea groups is 1. The molecule has 102 valence electrons. The van der Waals surface area contributed by atoms with E-state index in [1.165, 1.54) is 12.8 Å². The Hall–Kier alpha value is -2.04. The van der Waals surface area contributed by atoms with Crippen molar-refractivity contribution in [2.24, 2.45) is 5.92 Å². The molecule has 1 fully saturated rings. The van der Waals surface area contributed by atoms with Gasteiger partial charge in [-0.25, -0.2) is 4.79 Å². The van der Waals surface area contributed by atoms with Crippen molar-refractivity contribution in [3.8, 4) is 0 Å². The summed E-state index contributed by atoms with van der Waals surface area (Å²) in [4.78, 5) is 24.4. The maximum absolute atomic E-state index is 12.0. The van der Waals surface area contributed by atoms with Crippen LogP contribution in [0.5, 0.6) is 0 Å². The second kappa shape index (κ2) is 5.73.